The summed E-state index contributed by atoms with van der Waals surface area (Å²) in [5.41, 5.74) is 0.795. The summed E-state index contributed by atoms with van der Waals surface area (Å²) >= 11 is 0. The quantitative estimate of drug-likeness (QED) is 0.886. The number of anilines is 1. The van der Waals surface area contributed by atoms with Crippen LogP contribution >= 0.6 is 0 Å². The maximum atomic E-state index is 10.6. The molecule has 0 bridgehead atoms. The van der Waals surface area contributed by atoms with Crippen LogP contribution in [0.3, 0.4) is 0 Å². The fourth-order valence-electron chi connectivity index (χ4n) is 2.61. The van der Waals surface area contributed by atoms with Crippen LogP contribution in [0.5, 0.6) is 0 Å². The van der Waals surface area contributed by atoms with Crippen molar-refractivity contribution in [2.24, 2.45) is 5.41 Å². The molecule has 2 N–H and O–H groups in total. The smallest absolute Gasteiger partial charge is 0.129 e. The summed E-state index contributed by atoms with van der Waals surface area (Å²) in [4.78, 5) is 8.49. The van der Waals surface area contributed by atoms with Crippen LogP contribution in [0.1, 0.15) is 65.0 Å². The van der Waals surface area contributed by atoms with E-state index in [2.05, 4.69) is 43.0 Å². The second-order valence-electron chi connectivity index (χ2n) is 7.22. The van der Waals surface area contributed by atoms with E-state index >= 15 is 0 Å². The van der Waals surface area contributed by atoms with Gasteiger partial charge in [0.05, 0.1) is 5.60 Å². The third-order valence-corrected chi connectivity index (χ3v) is 4.41. The van der Waals surface area contributed by atoms with E-state index in [1.165, 1.54) is 0 Å². The van der Waals surface area contributed by atoms with Gasteiger partial charge in [0.1, 0.15) is 12.1 Å². The number of nitrogens with one attached hydrogen (secondary N) is 1. The van der Waals surface area contributed by atoms with Gasteiger partial charge in [0.2, 0.25) is 0 Å². The number of aromatic nitrogens is 2. The maximum Gasteiger partial charge on any atom is 0.129 e. The summed E-state index contributed by atoms with van der Waals surface area (Å²) < 4.78 is 0. The number of hydrogen-bond acceptors (Lipinski definition) is 4. The first-order chi connectivity index (χ1) is 9.30. The molecule has 1 fully saturated rings. The minimum absolute atomic E-state index is 0.367. The minimum Gasteiger partial charge on any atom is -0.388 e. The highest BCUT2D eigenvalue weighted by molar-refractivity contribution is 5.36. The number of nitrogens with zero attached hydrogens (tertiary/aromatic N) is 2. The molecule has 0 amide bonds. The van der Waals surface area contributed by atoms with Crippen LogP contribution < -0.4 is 5.32 Å². The molecule has 4 nitrogen and oxygen atoms in total. The molecule has 2 rings (SSSR count). The molecular formula is C16H27N3O. The van der Waals surface area contributed by atoms with Crippen molar-refractivity contribution in [2.45, 2.75) is 64.9 Å². The Balaban J connectivity index is 1.93. The lowest BCUT2D eigenvalue weighted by atomic mass is 9.71. The Morgan fingerprint density at radius 1 is 1.20 bits per heavy atom. The van der Waals surface area contributed by atoms with Crippen molar-refractivity contribution in [3.05, 3.63) is 18.1 Å². The van der Waals surface area contributed by atoms with Gasteiger partial charge in [-0.1, -0.05) is 27.7 Å². The third-order valence-electron chi connectivity index (χ3n) is 4.41. The van der Waals surface area contributed by atoms with Gasteiger partial charge in [-0.25, -0.2) is 9.97 Å². The van der Waals surface area contributed by atoms with Crippen molar-refractivity contribution in [3.63, 3.8) is 0 Å². The van der Waals surface area contributed by atoms with E-state index in [1.54, 1.807) is 6.33 Å². The van der Waals surface area contributed by atoms with Gasteiger partial charge in [-0.15, -0.1) is 0 Å². The zero-order valence-electron chi connectivity index (χ0n) is 13.1. The van der Waals surface area contributed by atoms with Gasteiger partial charge in [-0.3, -0.25) is 0 Å². The molecule has 112 valence electrons. The van der Waals surface area contributed by atoms with Crippen LogP contribution in [0.2, 0.25) is 0 Å². The zero-order valence-corrected chi connectivity index (χ0v) is 13.1. The Labute approximate surface area is 122 Å². The number of aliphatic hydroxyl groups is 1. The first-order valence-electron chi connectivity index (χ1n) is 7.58. The van der Waals surface area contributed by atoms with Crippen molar-refractivity contribution in [1.82, 2.24) is 9.97 Å². The molecule has 0 aliphatic heterocycles. The highest BCUT2D eigenvalue weighted by Gasteiger charge is 2.36. The topological polar surface area (TPSA) is 58.0 Å². The second kappa shape index (κ2) is 5.68. The lowest BCUT2D eigenvalue weighted by Gasteiger charge is -2.40. The summed E-state index contributed by atoms with van der Waals surface area (Å²) in [7, 11) is 0. The molecule has 1 aliphatic carbocycles. The molecule has 0 saturated heterocycles. The predicted molar refractivity (Wildman–Crippen MR) is 81.8 cm³/mol. The highest BCUT2D eigenvalue weighted by atomic mass is 16.3. The highest BCUT2D eigenvalue weighted by Crippen LogP contribution is 2.40. The van der Waals surface area contributed by atoms with Crippen molar-refractivity contribution in [1.29, 1.82) is 0 Å². The molecule has 1 heterocycles. The lowest BCUT2D eigenvalue weighted by Crippen LogP contribution is -2.42. The Kier molecular flexibility index (Phi) is 4.33. The monoisotopic (exact) mass is 277 g/mol. The molecule has 1 aliphatic rings. The zero-order chi connectivity index (χ0) is 14.8. The summed E-state index contributed by atoms with van der Waals surface area (Å²) in [5, 5.41) is 13.9. The van der Waals surface area contributed by atoms with E-state index in [0.717, 1.165) is 37.2 Å². The third kappa shape index (κ3) is 3.92. The van der Waals surface area contributed by atoms with Crippen LogP contribution in [-0.2, 0) is 0 Å². The molecule has 1 aromatic heterocycles. The van der Waals surface area contributed by atoms with E-state index in [4.69, 9.17) is 0 Å². The van der Waals surface area contributed by atoms with Crippen molar-refractivity contribution in [3.8, 4) is 0 Å². The van der Waals surface area contributed by atoms with Gasteiger partial charge in [-0.05, 0) is 37.0 Å². The van der Waals surface area contributed by atoms with Gasteiger partial charge >= 0.3 is 0 Å². The average Bonchev–Trinajstić information content (AvgIpc) is 2.41. The number of rotatable bonds is 4. The molecule has 20 heavy (non-hydrogen) atoms. The summed E-state index contributed by atoms with van der Waals surface area (Å²) in [5.74, 6) is 1.19. The maximum absolute atomic E-state index is 10.6. The fraction of sp³-hybridized carbons (Fsp3) is 0.750. The van der Waals surface area contributed by atoms with E-state index in [9.17, 15) is 5.11 Å². The van der Waals surface area contributed by atoms with Crippen LogP contribution in [0, 0.1) is 5.41 Å². The Morgan fingerprint density at radius 3 is 2.45 bits per heavy atom. The summed E-state index contributed by atoms with van der Waals surface area (Å²) in [6.07, 6.45) is 5.45. The molecule has 4 heteroatoms. The molecule has 1 aromatic rings. The van der Waals surface area contributed by atoms with E-state index < -0.39 is 5.60 Å². The van der Waals surface area contributed by atoms with Crippen LogP contribution in [0.4, 0.5) is 5.82 Å². The van der Waals surface area contributed by atoms with Gasteiger partial charge in [-0.2, -0.15) is 0 Å². The van der Waals surface area contributed by atoms with E-state index in [0.29, 0.717) is 17.9 Å². The molecule has 0 atom stereocenters. The van der Waals surface area contributed by atoms with Crippen LogP contribution in [-0.4, -0.2) is 27.2 Å². The van der Waals surface area contributed by atoms with Gasteiger partial charge < -0.3 is 10.4 Å². The fourth-order valence-corrected chi connectivity index (χ4v) is 2.61. The van der Waals surface area contributed by atoms with Crippen molar-refractivity contribution >= 4 is 5.82 Å². The van der Waals surface area contributed by atoms with E-state index in [-0.39, 0.29) is 0 Å². The molecule has 0 spiro atoms. The van der Waals surface area contributed by atoms with Crippen molar-refractivity contribution < 1.29 is 5.11 Å². The van der Waals surface area contributed by atoms with E-state index in [1.807, 2.05) is 6.07 Å². The largest absolute Gasteiger partial charge is 0.388 e. The molecule has 0 unspecified atom stereocenters. The van der Waals surface area contributed by atoms with Gasteiger partial charge in [0, 0.05) is 18.3 Å². The van der Waals surface area contributed by atoms with Gasteiger partial charge in [0.25, 0.3) is 0 Å². The summed E-state index contributed by atoms with van der Waals surface area (Å²) in [6, 6.07) is 1.97. The average molecular weight is 277 g/mol. The predicted octanol–water partition coefficient (Wildman–Crippen LogP) is 3.34. The minimum atomic E-state index is -0.599. The van der Waals surface area contributed by atoms with Gasteiger partial charge in [0.15, 0.2) is 0 Å². The molecular weight excluding hydrogens is 250 g/mol. The lowest BCUT2D eigenvalue weighted by molar-refractivity contribution is -0.0145. The Morgan fingerprint density at radius 2 is 1.85 bits per heavy atom. The first kappa shape index (κ1) is 15.2. The molecule has 0 radical (unpaired) electrons. The van der Waals surface area contributed by atoms with Crippen LogP contribution in [0.15, 0.2) is 12.4 Å². The first-order valence-corrected chi connectivity index (χ1v) is 7.58. The normalized spacial score (nSPS) is 20.9. The van der Waals surface area contributed by atoms with Crippen LogP contribution in [0.25, 0.3) is 0 Å². The second-order valence-corrected chi connectivity index (χ2v) is 7.22. The number of hydrogen-bond donors (Lipinski definition) is 2. The Bertz CT molecular complexity index is 447. The Hall–Kier alpha value is -1.16. The molecule has 0 aromatic carbocycles. The molecule has 1 saturated carbocycles. The standard InChI is InChI=1S/C16H27N3O/c1-12(2)13-9-14(19-11-18-13)17-10-16(20)7-5-15(3,4)6-8-16/h9,11-12,20H,5-8,10H2,1-4H3,(H,17,18,19). The summed E-state index contributed by atoms with van der Waals surface area (Å²) in [6.45, 7) is 9.35. The SMILES string of the molecule is CC(C)c1cc(NCC2(O)CCC(C)(C)CC2)ncn1. The van der Waals surface area contributed by atoms with Crippen molar-refractivity contribution in [2.75, 3.05) is 11.9 Å².